The van der Waals surface area contributed by atoms with Crippen molar-refractivity contribution in [2.24, 2.45) is 0 Å². The summed E-state index contributed by atoms with van der Waals surface area (Å²) in [7, 11) is 0. The van der Waals surface area contributed by atoms with Gasteiger partial charge in [-0.3, -0.25) is 0 Å². The molecule has 44 heavy (non-hydrogen) atoms. The molecular weight excluding hydrogens is 596 g/mol. The Labute approximate surface area is 281 Å². The van der Waals surface area contributed by atoms with Gasteiger partial charge in [0, 0.05) is 0 Å². The molecule has 0 aliphatic carbocycles. The highest BCUT2D eigenvalue weighted by Gasteiger charge is 2.39. The van der Waals surface area contributed by atoms with Crippen molar-refractivity contribution in [3.8, 4) is 0 Å². The van der Waals surface area contributed by atoms with Crippen molar-refractivity contribution >= 4 is 15.9 Å². The summed E-state index contributed by atoms with van der Waals surface area (Å²) < 4.78 is -0.532. The molecule has 0 N–H and O–H groups in total. The first-order chi connectivity index (χ1) is 19.5. The molecule has 0 aromatic heterocycles. The van der Waals surface area contributed by atoms with Gasteiger partial charge in [0.05, 0.1) is 0 Å². The molecule has 0 saturated heterocycles. The van der Waals surface area contributed by atoms with E-state index < -0.39 is 4.32 Å². The van der Waals surface area contributed by atoms with Crippen LogP contribution in [0.3, 0.4) is 0 Å². The number of benzene rings is 3. The molecule has 0 atom stereocenters. The molecule has 3 rings (SSSR count). The van der Waals surface area contributed by atoms with E-state index in [2.05, 4.69) is 195 Å². The fourth-order valence-corrected chi connectivity index (χ4v) is 7.34. The van der Waals surface area contributed by atoms with E-state index in [1.54, 1.807) is 0 Å². The average Bonchev–Trinajstić information content (AvgIpc) is 2.84. The Balaban J connectivity index is 2.57. The van der Waals surface area contributed by atoms with Crippen molar-refractivity contribution in [1.82, 2.24) is 0 Å². The normalized spacial score (nSPS) is 14.2. The first-order valence-electron chi connectivity index (χ1n) is 16.7. The van der Waals surface area contributed by atoms with E-state index in [1.165, 1.54) is 50.1 Å². The van der Waals surface area contributed by atoms with Crippen LogP contribution in [0, 0.1) is 0 Å². The Morgan fingerprint density at radius 1 is 0.295 bits per heavy atom. The van der Waals surface area contributed by atoms with E-state index in [0.29, 0.717) is 0 Å². The standard InChI is InChI=1S/C43H63Br/c1-37(2,3)31-22-19-28(25-34(31)40(10,11)12)43(44,29-20-23-32(38(4,5)6)35(26-29)41(13,14)15)30-21-24-33(39(7,8)9)36(27-30)42(16,17)18/h19-27H,1-18H3. The lowest BCUT2D eigenvalue weighted by Crippen LogP contribution is -2.29. The van der Waals surface area contributed by atoms with Crippen LogP contribution in [0.25, 0.3) is 0 Å². The predicted octanol–water partition coefficient (Wildman–Crippen LogP) is 13.2. The fourth-order valence-electron chi connectivity index (χ4n) is 6.60. The van der Waals surface area contributed by atoms with Gasteiger partial charge in [-0.2, -0.15) is 0 Å². The molecule has 0 fully saturated rings. The van der Waals surface area contributed by atoms with Crippen LogP contribution in [0.4, 0.5) is 0 Å². The van der Waals surface area contributed by atoms with Gasteiger partial charge in [-0.1, -0.05) is 195 Å². The third-order valence-electron chi connectivity index (χ3n) is 9.10. The third-order valence-corrected chi connectivity index (χ3v) is 10.5. The second-order valence-electron chi connectivity index (χ2n) is 19.4. The second-order valence-corrected chi connectivity index (χ2v) is 20.6. The fraction of sp³-hybridized carbons (Fsp3) is 0.581. The molecule has 0 heterocycles. The summed E-state index contributed by atoms with van der Waals surface area (Å²) in [5, 5.41) is 0. The Morgan fingerprint density at radius 2 is 0.477 bits per heavy atom. The number of hydrogen-bond donors (Lipinski definition) is 0. The Morgan fingerprint density at radius 3 is 0.636 bits per heavy atom. The van der Waals surface area contributed by atoms with Crippen molar-refractivity contribution in [2.75, 3.05) is 0 Å². The zero-order valence-corrected chi connectivity index (χ0v) is 33.2. The van der Waals surface area contributed by atoms with E-state index in [0.717, 1.165) is 0 Å². The summed E-state index contributed by atoms with van der Waals surface area (Å²) in [6.45, 7) is 42.2. The van der Waals surface area contributed by atoms with Crippen LogP contribution in [-0.2, 0) is 36.8 Å². The van der Waals surface area contributed by atoms with Gasteiger partial charge in [0.15, 0.2) is 0 Å². The first-order valence-corrected chi connectivity index (χ1v) is 17.4. The number of hydrogen-bond acceptors (Lipinski definition) is 0. The molecule has 0 bridgehead atoms. The monoisotopic (exact) mass is 658 g/mol. The average molecular weight is 660 g/mol. The maximum Gasteiger partial charge on any atom is 0.100 e. The summed E-state index contributed by atoms with van der Waals surface area (Å²) in [4.78, 5) is 0. The van der Waals surface area contributed by atoms with Crippen molar-refractivity contribution < 1.29 is 0 Å². The molecule has 242 valence electrons. The van der Waals surface area contributed by atoms with E-state index >= 15 is 0 Å². The summed E-state index contributed by atoms with van der Waals surface area (Å²) in [5.74, 6) is 0. The maximum atomic E-state index is 4.54. The van der Waals surface area contributed by atoms with E-state index in [-0.39, 0.29) is 32.5 Å². The highest BCUT2D eigenvalue weighted by Crippen LogP contribution is 2.50. The molecule has 0 nitrogen and oxygen atoms in total. The van der Waals surface area contributed by atoms with Gasteiger partial charge in [-0.05, 0) is 82.6 Å². The lowest BCUT2D eigenvalue weighted by atomic mass is 9.70. The van der Waals surface area contributed by atoms with E-state index in [4.69, 9.17) is 0 Å². The largest absolute Gasteiger partial charge is 0.100 e. The minimum Gasteiger partial charge on any atom is -0.0696 e. The molecule has 3 aromatic carbocycles. The van der Waals surface area contributed by atoms with Gasteiger partial charge in [0.25, 0.3) is 0 Å². The van der Waals surface area contributed by atoms with Gasteiger partial charge >= 0.3 is 0 Å². The number of alkyl halides is 1. The second kappa shape index (κ2) is 11.4. The predicted molar refractivity (Wildman–Crippen MR) is 200 cm³/mol. The molecule has 0 spiro atoms. The zero-order chi connectivity index (χ0) is 34.1. The van der Waals surface area contributed by atoms with Crippen LogP contribution in [0.15, 0.2) is 54.6 Å². The molecule has 0 aliphatic heterocycles. The minimum atomic E-state index is -0.532. The summed E-state index contributed by atoms with van der Waals surface area (Å²) in [6, 6.07) is 21.8. The summed E-state index contributed by atoms with van der Waals surface area (Å²) >= 11 is 4.54. The minimum absolute atomic E-state index is 0.00581. The van der Waals surface area contributed by atoms with Gasteiger partial charge < -0.3 is 0 Å². The highest BCUT2D eigenvalue weighted by molar-refractivity contribution is 9.10. The zero-order valence-electron chi connectivity index (χ0n) is 31.6. The van der Waals surface area contributed by atoms with Crippen LogP contribution in [0.1, 0.15) is 175 Å². The summed E-state index contributed by atoms with van der Waals surface area (Å²) in [5.41, 5.74) is 12.5. The Hall–Kier alpha value is -1.86. The smallest absolute Gasteiger partial charge is 0.0696 e. The van der Waals surface area contributed by atoms with Crippen LogP contribution in [0.5, 0.6) is 0 Å². The highest BCUT2D eigenvalue weighted by atomic mass is 79.9. The summed E-state index contributed by atoms with van der Waals surface area (Å²) in [6.07, 6.45) is 0. The first kappa shape index (κ1) is 36.6. The van der Waals surface area contributed by atoms with Crippen molar-refractivity contribution in [3.63, 3.8) is 0 Å². The quantitative estimate of drug-likeness (QED) is 0.194. The molecule has 1 heteroatoms. The topological polar surface area (TPSA) is 0 Å². The lowest BCUT2D eigenvalue weighted by Gasteiger charge is -2.38. The SMILES string of the molecule is CC(C)(C)c1ccc(C(Br)(c2ccc(C(C)(C)C)c(C(C)(C)C)c2)c2ccc(C(C)(C)C)c(C(C)(C)C)c2)cc1C(C)(C)C. The Kier molecular flexibility index (Phi) is 9.51. The van der Waals surface area contributed by atoms with Crippen molar-refractivity contribution in [2.45, 2.75) is 161 Å². The van der Waals surface area contributed by atoms with Gasteiger partial charge in [-0.15, -0.1) is 0 Å². The Bertz CT molecular complexity index is 1310. The van der Waals surface area contributed by atoms with Gasteiger partial charge in [0.1, 0.15) is 4.32 Å². The van der Waals surface area contributed by atoms with Crippen LogP contribution in [-0.4, -0.2) is 0 Å². The molecule has 3 aromatic rings. The number of halogens is 1. The molecule has 0 amide bonds. The molecule has 0 unspecified atom stereocenters. The van der Waals surface area contributed by atoms with E-state index in [9.17, 15) is 0 Å². The maximum absolute atomic E-state index is 4.54. The molecular formula is C43H63Br. The molecule has 0 radical (unpaired) electrons. The number of rotatable bonds is 3. The van der Waals surface area contributed by atoms with E-state index in [1.807, 2.05) is 0 Å². The van der Waals surface area contributed by atoms with Crippen LogP contribution in [0.2, 0.25) is 0 Å². The van der Waals surface area contributed by atoms with Gasteiger partial charge in [0.2, 0.25) is 0 Å². The molecule has 0 aliphatic rings. The lowest BCUT2D eigenvalue weighted by molar-refractivity contribution is 0.526. The van der Waals surface area contributed by atoms with Crippen LogP contribution >= 0.6 is 15.9 Å². The van der Waals surface area contributed by atoms with Crippen molar-refractivity contribution in [3.05, 3.63) is 105 Å². The van der Waals surface area contributed by atoms with Gasteiger partial charge in [-0.25, -0.2) is 0 Å². The van der Waals surface area contributed by atoms with Crippen LogP contribution < -0.4 is 0 Å². The van der Waals surface area contributed by atoms with Crippen molar-refractivity contribution in [1.29, 1.82) is 0 Å². The molecule has 0 saturated carbocycles. The third kappa shape index (κ3) is 7.40.